The summed E-state index contributed by atoms with van der Waals surface area (Å²) >= 11 is 1.49. The van der Waals surface area contributed by atoms with Crippen molar-refractivity contribution in [2.24, 2.45) is 5.92 Å². The number of amides is 1. The summed E-state index contributed by atoms with van der Waals surface area (Å²) in [7, 11) is 0. The predicted molar refractivity (Wildman–Crippen MR) is 127 cm³/mol. The van der Waals surface area contributed by atoms with Crippen LogP contribution in [0, 0.1) is 17.2 Å². The molecule has 6 heteroatoms. The molecule has 2 aromatic carbocycles. The van der Waals surface area contributed by atoms with Crippen LogP contribution in [0.4, 0.5) is 0 Å². The highest BCUT2D eigenvalue weighted by Gasteiger charge is 2.29. The first-order valence-corrected chi connectivity index (χ1v) is 12.3. The van der Waals surface area contributed by atoms with Gasteiger partial charge in [-0.2, -0.15) is 5.26 Å². The van der Waals surface area contributed by atoms with E-state index in [9.17, 15) is 10.1 Å². The molecule has 2 atom stereocenters. The lowest BCUT2D eigenvalue weighted by atomic mass is 9.95. The number of nitrogens with zero attached hydrogens (tertiary/aromatic N) is 3. The number of rotatable bonds is 5. The van der Waals surface area contributed by atoms with Crippen molar-refractivity contribution in [1.29, 1.82) is 5.26 Å². The first kappa shape index (κ1) is 22.8. The predicted octanol–water partition coefficient (Wildman–Crippen LogP) is 4.67. The van der Waals surface area contributed by atoms with E-state index in [-0.39, 0.29) is 5.91 Å². The molecule has 2 saturated heterocycles. The highest BCUT2D eigenvalue weighted by Crippen LogP contribution is 2.33. The Kier molecular flexibility index (Phi) is 7.51. The average Bonchev–Trinajstić information content (AvgIpc) is 2.79. The molecular weight excluding hydrogens is 418 g/mol. The topological polar surface area (TPSA) is 56.6 Å². The van der Waals surface area contributed by atoms with Crippen LogP contribution in [0.15, 0.2) is 58.3 Å². The maximum absolute atomic E-state index is 13.4. The third-order valence-corrected chi connectivity index (χ3v) is 7.41. The van der Waals surface area contributed by atoms with Crippen LogP contribution in [0.1, 0.15) is 42.6 Å². The van der Waals surface area contributed by atoms with Crippen LogP contribution in [-0.4, -0.2) is 60.6 Å². The summed E-state index contributed by atoms with van der Waals surface area (Å²) in [6.45, 7) is 8.98. The second kappa shape index (κ2) is 10.5. The third kappa shape index (κ3) is 5.53. The molecule has 168 valence electrons. The summed E-state index contributed by atoms with van der Waals surface area (Å²) < 4.78 is 5.86. The molecule has 1 amide bonds. The Hall–Kier alpha value is -2.33. The maximum Gasteiger partial charge on any atom is 0.255 e. The Morgan fingerprint density at radius 3 is 2.34 bits per heavy atom. The quantitative estimate of drug-likeness (QED) is 0.664. The van der Waals surface area contributed by atoms with Gasteiger partial charge in [0.15, 0.2) is 0 Å². The van der Waals surface area contributed by atoms with Gasteiger partial charge in [0.1, 0.15) is 6.07 Å². The lowest BCUT2D eigenvalue weighted by Crippen LogP contribution is -2.48. The summed E-state index contributed by atoms with van der Waals surface area (Å²) in [6, 6.07) is 17.5. The number of morpholine rings is 1. The molecule has 2 aliphatic heterocycles. The van der Waals surface area contributed by atoms with Gasteiger partial charge in [-0.15, -0.1) is 0 Å². The Bertz CT molecular complexity index is 971. The van der Waals surface area contributed by atoms with Crippen molar-refractivity contribution in [3.63, 3.8) is 0 Å². The molecule has 4 rings (SSSR count). The Morgan fingerprint density at radius 2 is 1.66 bits per heavy atom. The fraction of sp³-hybridized carbons (Fsp3) is 0.462. The van der Waals surface area contributed by atoms with Gasteiger partial charge in [-0.1, -0.05) is 36.0 Å². The van der Waals surface area contributed by atoms with Crippen molar-refractivity contribution in [3.05, 3.63) is 59.7 Å². The molecule has 0 aliphatic carbocycles. The zero-order valence-corrected chi connectivity index (χ0v) is 19.7. The number of hydrogen-bond acceptors (Lipinski definition) is 5. The summed E-state index contributed by atoms with van der Waals surface area (Å²) in [5.41, 5.74) is 1.35. The van der Waals surface area contributed by atoms with E-state index in [2.05, 4.69) is 24.8 Å². The second-order valence-corrected chi connectivity index (χ2v) is 10.0. The molecule has 0 saturated carbocycles. The van der Waals surface area contributed by atoms with Gasteiger partial charge in [-0.3, -0.25) is 9.69 Å². The number of likely N-dealkylation sites (tertiary alicyclic amines) is 1. The molecule has 0 bridgehead atoms. The van der Waals surface area contributed by atoms with E-state index < -0.39 is 0 Å². The molecule has 2 fully saturated rings. The highest BCUT2D eigenvalue weighted by molar-refractivity contribution is 7.99. The minimum atomic E-state index is 0.0922. The van der Waals surface area contributed by atoms with Gasteiger partial charge >= 0.3 is 0 Å². The Labute approximate surface area is 195 Å². The SMILES string of the molecule is CC1CN(CC2CCN(C(=O)c3ccccc3Sc3ccccc3C#N)CC2)CC(C)O1. The number of ether oxygens (including phenoxy) is 1. The van der Waals surface area contributed by atoms with E-state index in [1.807, 2.05) is 53.4 Å². The first-order chi connectivity index (χ1) is 15.5. The lowest BCUT2D eigenvalue weighted by molar-refractivity contribution is -0.0728. The standard InChI is InChI=1S/C26H31N3O2S/c1-19-16-28(17-20(2)31-19)18-21-11-13-29(14-12-21)26(30)23-8-4-6-10-25(23)32-24-9-5-3-7-22(24)15-27/h3-10,19-21H,11-14,16-18H2,1-2H3. The van der Waals surface area contributed by atoms with Crippen LogP contribution in [0.5, 0.6) is 0 Å². The second-order valence-electron chi connectivity index (χ2n) is 8.92. The maximum atomic E-state index is 13.4. The molecule has 5 nitrogen and oxygen atoms in total. The Balaban J connectivity index is 1.38. The van der Waals surface area contributed by atoms with Crippen molar-refractivity contribution in [1.82, 2.24) is 9.80 Å². The third-order valence-electron chi connectivity index (χ3n) is 6.26. The van der Waals surface area contributed by atoms with E-state index >= 15 is 0 Å². The minimum absolute atomic E-state index is 0.0922. The number of benzene rings is 2. The van der Waals surface area contributed by atoms with E-state index in [4.69, 9.17) is 4.74 Å². The lowest BCUT2D eigenvalue weighted by Gasteiger charge is -2.39. The number of nitriles is 1. The molecular formula is C26H31N3O2S. The van der Waals surface area contributed by atoms with Gasteiger partial charge in [0.05, 0.1) is 23.3 Å². The fourth-order valence-electron chi connectivity index (χ4n) is 4.79. The molecule has 0 N–H and O–H groups in total. The van der Waals surface area contributed by atoms with E-state index in [1.54, 1.807) is 0 Å². The van der Waals surface area contributed by atoms with E-state index in [0.29, 0.717) is 23.7 Å². The molecule has 32 heavy (non-hydrogen) atoms. The molecule has 0 spiro atoms. The molecule has 0 aromatic heterocycles. The van der Waals surface area contributed by atoms with Crippen molar-refractivity contribution in [3.8, 4) is 6.07 Å². The van der Waals surface area contributed by atoms with Gasteiger partial charge in [-0.05, 0) is 56.9 Å². The van der Waals surface area contributed by atoms with Gasteiger partial charge < -0.3 is 9.64 Å². The Morgan fingerprint density at radius 1 is 1.03 bits per heavy atom. The number of carbonyl (C=O) groups is 1. The molecule has 2 aliphatic rings. The van der Waals surface area contributed by atoms with Gasteiger partial charge in [0.25, 0.3) is 5.91 Å². The minimum Gasteiger partial charge on any atom is -0.373 e. The van der Waals surface area contributed by atoms with Crippen molar-refractivity contribution in [2.75, 3.05) is 32.7 Å². The van der Waals surface area contributed by atoms with Crippen LogP contribution >= 0.6 is 11.8 Å². The summed E-state index contributed by atoms with van der Waals surface area (Å²) in [4.78, 5) is 19.7. The van der Waals surface area contributed by atoms with Crippen LogP contribution < -0.4 is 0 Å². The van der Waals surface area contributed by atoms with Crippen molar-refractivity contribution in [2.45, 2.75) is 48.7 Å². The average molecular weight is 450 g/mol. The van der Waals surface area contributed by atoms with Gasteiger partial charge in [0.2, 0.25) is 0 Å². The van der Waals surface area contributed by atoms with Crippen LogP contribution in [-0.2, 0) is 4.74 Å². The molecule has 2 heterocycles. The smallest absolute Gasteiger partial charge is 0.255 e. The summed E-state index contributed by atoms with van der Waals surface area (Å²) in [6.07, 6.45) is 2.66. The largest absolute Gasteiger partial charge is 0.373 e. The number of piperidine rings is 1. The zero-order valence-electron chi connectivity index (χ0n) is 18.9. The van der Waals surface area contributed by atoms with Gasteiger partial charge in [0, 0.05) is 42.5 Å². The van der Waals surface area contributed by atoms with E-state index in [1.165, 1.54) is 11.8 Å². The zero-order chi connectivity index (χ0) is 22.5. The first-order valence-electron chi connectivity index (χ1n) is 11.5. The van der Waals surface area contributed by atoms with E-state index in [0.717, 1.165) is 60.9 Å². The molecule has 2 unspecified atom stereocenters. The van der Waals surface area contributed by atoms with Gasteiger partial charge in [-0.25, -0.2) is 0 Å². The van der Waals surface area contributed by atoms with Crippen LogP contribution in [0.3, 0.4) is 0 Å². The van der Waals surface area contributed by atoms with Crippen molar-refractivity contribution >= 4 is 17.7 Å². The normalized spacial score (nSPS) is 22.5. The number of hydrogen-bond donors (Lipinski definition) is 0. The number of carbonyl (C=O) groups excluding carboxylic acids is 1. The van der Waals surface area contributed by atoms with Crippen LogP contribution in [0.2, 0.25) is 0 Å². The van der Waals surface area contributed by atoms with Crippen molar-refractivity contribution < 1.29 is 9.53 Å². The molecule has 0 radical (unpaired) electrons. The summed E-state index contributed by atoms with van der Waals surface area (Å²) in [5, 5.41) is 9.40. The monoisotopic (exact) mass is 449 g/mol. The fourth-order valence-corrected chi connectivity index (χ4v) is 5.81. The highest BCUT2D eigenvalue weighted by atomic mass is 32.2. The van der Waals surface area contributed by atoms with Crippen LogP contribution in [0.25, 0.3) is 0 Å². The summed E-state index contributed by atoms with van der Waals surface area (Å²) in [5.74, 6) is 0.721. The molecule has 2 aromatic rings.